The van der Waals surface area contributed by atoms with Crippen LogP contribution in [-0.4, -0.2) is 39.7 Å². The number of rotatable bonds is 7. The highest BCUT2D eigenvalue weighted by Crippen LogP contribution is 2.32. The Balaban J connectivity index is 1.59. The van der Waals surface area contributed by atoms with Crippen LogP contribution in [-0.2, 0) is 6.42 Å². The van der Waals surface area contributed by atoms with Crippen molar-refractivity contribution in [3.05, 3.63) is 77.3 Å². The fourth-order valence-corrected chi connectivity index (χ4v) is 3.19. The maximum atomic E-state index is 13.1. The number of ether oxygens (including phenoxy) is 1. The zero-order valence-electron chi connectivity index (χ0n) is 16.3. The van der Waals surface area contributed by atoms with Crippen molar-refractivity contribution in [2.45, 2.75) is 6.42 Å². The molecule has 152 valence electrons. The number of methoxy groups -OCH3 is 1. The van der Waals surface area contributed by atoms with Crippen molar-refractivity contribution in [1.29, 1.82) is 0 Å². The van der Waals surface area contributed by atoms with Gasteiger partial charge >= 0.3 is 0 Å². The molecule has 0 aliphatic carbocycles. The third kappa shape index (κ3) is 4.07. The quantitative estimate of drug-likeness (QED) is 0.438. The van der Waals surface area contributed by atoms with Crippen molar-refractivity contribution in [1.82, 2.24) is 25.5 Å². The number of amides is 1. The molecule has 0 aliphatic rings. The standard InChI is InChI=1S/C22H20FN5O2/c1-30-21-17(22(29)25-11-10-16-12-24-13-26-16)7-9-19-20(21)18(27-28-19)8-4-14-2-5-15(23)6-3-14/h2-9,12-13H,10-11H2,1H3,(H,24,26)(H,25,29)(H,27,28)/b8-4+. The van der Waals surface area contributed by atoms with E-state index in [1.165, 1.54) is 19.2 Å². The second kappa shape index (κ2) is 8.60. The number of H-pyrrole nitrogens is 2. The SMILES string of the molecule is COc1c(C(=O)NCCc2cnc[nH]2)ccc2n[nH]c(/C=C/c3ccc(F)cc3)c12. The van der Waals surface area contributed by atoms with E-state index in [2.05, 4.69) is 25.5 Å². The second-order valence-electron chi connectivity index (χ2n) is 6.65. The molecule has 0 spiro atoms. The number of aromatic nitrogens is 4. The zero-order valence-corrected chi connectivity index (χ0v) is 16.3. The van der Waals surface area contributed by atoms with Crippen molar-refractivity contribution >= 4 is 29.0 Å². The molecule has 0 unspecified atom stereocenters. The van der Waals surface area contributed by atoms with Gasteiger partial charge in [0.1, 0.15) is 11.6 Å². The summed E-state index contributed by atoms with van der Waals surface area (Å²) in [5.74, 6) is -0.0778. The van der Waals surface area contributed by atoms with Gasteiger partial charge in [-0.15, -0.1) is 0 Å². The van der Waals surface area contributed by atoms with Gasteiger partial charge in [-0.05, 0) is 35.9 Å². The number of benzene rings is 2. The summed E-state index contributed by atoms with van der Waals surface area (Å²) in [6, 6.07) is 9.63. The third-order valence-electron chi connectivity index (χ3n) is 4.70. The fourth-order valence-electron chi connectivity index (χ4n) is 3.19. The normalized spacial score (nSPS) is 11.3. The number of hydrogen-bond donors (Lipinski definition) is 3. The largest absolute Gasteiger partial charge is 0.495 e. The van der Waals surface area contributed by atoms with Gasteiger partial charge in [-0.3, -0.25) is 9.89 Å². The molecule has 3 N–H and O–H groups in total. The number of carbonyl (C=O) groups is 1. The Bertz CT molecular complexity index is 1180. The van der Waals surface area contributed by atoms with Crippen molar-refractivity contribution in [3.63, 3.8) is 0 Å². The molecule has 0 bridgehead atoms. The van der Waals surface area contributed by atoms with E-state index in [9.17, 15) is 9.18 Å². The van der Waals surface area contributed by atoms with Crippen LogP contribution in [0.2, 0.25) is 0 Å². The fraction of sp³-hybridized carbons (Fsp3) is 0.136. The minimum atomic E-state index is -0.288. The second-order valence-corrected chi connectivity index (χ2v) is 6.65. The van der Waals surface area contributed by atoms with E-state index in [4.69, 9.17) is 4.74 Å². The van der Waals surface area contributed by atoms with Crippen molar-refractivity contribution in [3.8, 4) is 5.75 Å². The van der Waals surface area contributed by atoms with Crippen LogP contribution in [0.4, 0.5) is 4.39 Å². The summed E-state index contributed by atoms with van der Waals surface area (Å²) in [6.45, 7) is 0.463. The molecule has 2 heterocycles. The molecule has 0 atom stereocenters. The number of nitrogens with one attached hydrogen (secondary N) is 3. The molecule has 0 saturated heterocycles. The van der Waals surface area contributed by atoms with Gasteiger partial charge in [0.15, 0.2) is 0 Å². The number of imidazole rings is 1. The molecule has 2 aromatic heterocycles. The molecule has 0 saturated carbocycles. The summed E-state index contributed by atoms with van der Waals surface area (Å²) in [6.07, 6.45) is 7.64. The summed E-state index contributed by atoms with van der Waals surface area (Å²) in [4.78, 5) is 19.7. The van der Waals surface area contributed by atoms with Crippen LogP contribution in [0.5, 0.6) is 5.75 Å². The lowest BCUT2D eigenvalue weighted by molar-refractivity contribution is 0.0951. The topological polar surface area (TPSA) is 95.7 Å². The first-order valence-corrected chi connectivity index (χ1v) is 9.40. The Labute approximate surface area is 172 Å². The molecular weight excluding hydrogens is 385 g/mol. The van der Waals surface area contributed by atoms with Gasteiger partial charge in [0.25, 0.3) is 5.91 Å². The smallest absolute Gasteiger partial charge is 0.255 e. The number of aromatic amines is 2. The number of halogens is 1. The molecule has 4 rings (SSSR count). The van der Waals surface area contributed by atoms with Crippen LogP contribution >= 0.6 is 0 Å². The van der Waals surface area contributed by atoms with Crippen LogP contribution in [0, 0.1) is 5.82 Å². The van der Waals surface area contributed by atoms with Gasteiger partial charge in [0.05, 0.1) is 35.6 Å². The first-order chi connectivity index (χ1) is 14.7. The molecule has 0 aliphatic heterocycles. The number of carbonyl (C=O) groups excluding carboxylic acids is 1. The highest BCUT2D eigenvalue weighted by molar-refractivity contribution is 6.05. The van der Waals surface area contributed by atoms with E-state index >= 15 is 0 Å². The van der Waals surface area contributed by atoms with E-state index in [-0.39, 0.29) is 11.7 Å². The van der Waals surface area contributed by atoms with Gasteiger partial charge in [0.2, 0.25) is 0 Å². The number of hydrogen-bond acceptors (Lipinski definition) is 4. The van der Waals surface area contributed by atoms with Gasteiger partial charge in [-0.1, -0.05) is 18.2 Å². The van der Waals surface area contributed by atoms with Crippen LogP contribution < -0.4 is 10.1 Å². The van der Waals surface area contributed by atoms with E-state index < -0.39 is 0 Å². The first kappa shape index (κ1) is 19.4. The highest BCUT2D eigenvalue weighted by atomic mass is 19.1. The Morgan fingerprint density at radius 3 is 2.77 bits per heavy atom. The summed E-state index contributed by atoms with van der Waals surface area (Å²) in [5, 5.41) is 10.9. The average molecular weight is 405 g/mol. The van der Waals surface area contributed by atoms with E-state index in [1.54, 1.807) is 36.8 Å². The van der Waals surface area contributed by atoms with E-state index in [0.717, 1.165) is 11.3 Å². The zero-order chi connectivity index (χ0) is 20.9. The van der Waals surface area contributed by atoms with Crippen LogP contribution in [0.15, 0.2) is 48.9 Å². The van der Waals surface area contributed by atoms with Crippen LogP contribution in [0.25, 0.3) is 23.1 Å². The van der Waals surface area contributed by atoms with E-state index in [1.807, 2.05) is 12.2 Å². The van der Waals surface area contributed by atoms with Crippen molar-refractivity contribution in [2.24, 2.45) is 0 Å². The molecule has 0 radical (unpaired) electrons. The lowest BCUT2D eigenvalue weighted by Crippen LogP contribution is -2.26. The molecule has 1 amide bonds. The number of nitrogens with zero attached hydrogens (tertiary/aromatic N) is 2. The van der Waals surface area contributed by atoms with Crippen molar-refractivity contribution < 1.29 is 13.9 Å². The summed E-state index contributed by atoms with van der Waals surface area (Å²) < 4.78 is 18.7. The summed E-state index contributed by atoms with van der Waals surface area (Å²) in [7, 11) is 1.52. The molecule has 30 heavy (non-hydrogen) atoms. The minimum Gasteiger partial charge on any atom is -0.495 e. The maximum Gasteiger partial charge on any atom is 0.255 e. The molecule has 7 nitrogen and oxygen atoms in total. The molecule has 0 fully saturated rings. The van der Waals surface area contributed by atoms with Gasteiger partial charge in [0, 0.05) is 24.9 Å². The molecule has 4 aromatic rings. The van der Waals surface area contributed by atoms with Gasteiger partial charge < -0.3 is 15.0 Å². The Hall–Kier alpha value is -3.94. The lowest BCUT2D eigenvalue weighted by Gasteiger charge is -2.10. The van der Waals surface area contributed by atoms with Crippen LogP contribution in [0.3, 0.4) is 0 Å². The monoisotopic (exact) mass is 405 g/mol. The van der Waals surface area contributed by atoms with E-state index in [0.29, 0.717) is 40.9 Å². The molecular formula is C22H20FN5O2. The Kier molecular flexibility index (Phi) is 5.56. The molecule has 2 aromatic carbocycles. The summed E-state index contributed by atoms with van der Waals surface area (Å²) >= 11 is 0. The Morgan fingerprint density at radius 1 is 1.20 bits per heavy atom. The van der Waals surface area contributed by atoms with Gasteiger partial charge in [-0.2, -0.15) is 5.10 Å². The number of fused-ring (bicyclic) bond motifs is 1. The minimum absolute atomic E-state index is 0.233. The maximum absolute atomic E-state index is 13.1. The van der Waals surface area contributed by atoms with Gasteiger partial charge in [-0.25, -0.2) is 9.37 Å². The average Bonchev–Trinajstić information content (AvgIpc) is 3.42. The molecule has 8 heteroatoms. The lowest BCUT2D eigenvalue weighted by atomic mass is 10.1. The summed E-state index contributed by atoms with van der Waals surface area (Å²) in [5.41, 5.74) is 3.58. The predicted octanol–water partition coefficient (Wildman–Crippen LogP) is 3.58. The first-order valence-electron chi connectivity index (χ1n) is 9.40. The highest BCUT2D eigenvalue weighted by Gasteiger charge is 2.18. The van der Waals surface area contributed by atoms with Crippen LogP contribution in [0.1, 0.15) is 27.3 Å². The predicted molar refractivity (Wildman–Crippen MR) is 113 cm³/mol. The van der Waals surface area contributed by atoms with Crippen molar-refractivity contribution in [2.75, 3.05) is 13.7 Å². The Morgan fingerprint density at radius 2 is 2.03 bits per heavy atom. The third-order valence-corrected chi connectivity index (χ3v) is 4.70.